The highest BCUT2D eigenvalue weighted by Gasteiger charge is 2.23. The highest BCUT2D eigenvalue weighted by atomic mass is 15.0. The third-order valence-corrected chi connectivity index (χ3v) is 10.3. The predicted molar refractivity (Wildman–Crippen MR) is 203 cm³/mol. The zero-order chi connectivity index (χ0) is 33.0. The number of hydrogen-bond acceptors (Lipinski definition) is 3. The van der Waals surface area contributed by atoms with Gasteiger partial charge < -0.3 is 0 Å². The molecule has 3 nitrogen and oxygen atoms in total. The van der Waals surface area contributed by atoms with E-state index in [-0.39, 0.29) is 0 Å². The summed E-state index contributed by atoms with van der Waals surface area (Å²) in [7, 11) is 0. The number of rotatable bonds is 5. The second kappa shape index (κ2) is 11.6. The van der Waals surface area contributed by atoms with Gasteiger partial charge in [0.2, 0.25) is 0 Å². The van der Waals surface area contributed by atoms with Crippen molar-refractivity contribution in [1.82, 2.24) is 15.0 Å². The first-order valence-electron chi connectivity index (χ1n) is 17.2. The molecule has 0 radical (unpaired) electrons. The minimum absolute atomic E-state index is 0.661. The average Bonchev–Trinajstić information content (AvgIpc) is 3.77. The first-order valence-corrected chi connectivity index (χ1v) is 17.2. The molecule has 0 saturated heterocycles. The maximum atomic E-state index is 5.05. The van der Waals surface area contributed by atoms with Crippen molar-refractivity contribution in [2.75, 3.05) is 0 Å². The van der Waals surface area contributed by atoms with E-state index >= 15 is 0 Å². The fourth-order valence-electron chi connectivity index (χ4n) is 7.80. The second-order valence-corrected chi connectivity index (χ2v) is 13.2. The van der Waals surface area contributed by atoms with Crippen LogP contribution in [0.5, 0.6) is 0 Å². The summed E-state index contributed by atoms with van der Waals surface area (Å²) >= 11 is 0. The number of aromatic nitrogens is 3. The normalized spacial score (nSPS) is 12.2. The van der Waals surface area contributed by atoms with Crippen molar-refractivity contribution in [2.45, 2.75) is 12.8 Å². The molecule has 0 N–H and O–H groups in total. The lowest BCUT2D eigenvalue weighted by atomic mass is 9.95. The van der Waals surface area contributed by atoms with Crippen LogP contribution in [0.2, 0.25) is 0 Å². The Balaban J connectivity index is 1.01. The number of fused-ring (bicyclic) bond motifs is 6. The molecule has 50 heavy (non-hydrogen) atoms. The van der Waals surface area contributed by atoms with Gasteiger partial charge in [0.15, 0.2) is 17.5 Å². The molecule has 0 bridgehead atoms. The molecular weight excluding hydrogens is 607 g/mol. The average molecular weight is 638 g/mol. The van der Waals surface area contributed by atoms with Gasteiger partial charge >= 0.3 is 0 Å². The quantitative estimate of drug-likeness (QED) is 0.188. The van der Waals surface area contributed by atoms with E-state index in [2.05, 4.69) is 146 Å². The van der Waals surface area contributed by atoms with E-state index in [1.54, 1.807) is 0 Å². The number of benzene rings is 7. The fourth-order valence-corrected chi connectivity index (χ4v) is 7.80. The summed E-state index contributed by atoms with van der Waals surface area (Å²) in [6.45, 7) is 0. The van der Waals surface area contributed by atoms with Gasteiger partial charge in [-0.05, 0) is 79.6 Å². The molecule has 3 heteroatoms. The van der Waals surface area contributed by atoms with Crippen molar-refractivity contribution >= 4 is 0 Å². The van der Waals surface area contributed by atoms with Crippen molar-refractivity contribution < 1.29 is 0 Å². The second-order valence-electron chi connectivity index (χ2n) is 13.2. The Kier molecular flexibility index (Phi) is 6.63. The van der Waals surface area contributed by atoms with Crippen molar-refractivity contribution in [3.05, 3.63) is 186 Å². The highest BCUT2D eigenvalue weighted by Crippen LogP contribution is 2.43. The fraction of sp³-hybridized carbons (Fsp3) is 0.0426. The lowest BCUT2D eigenvalue weighted by molar-refractivity contribution is 1.07. The van der Waals surface area contributed by atoms with Gasteiger partial charge in [-0.25, -0.2) is 15.0 Å². The monoisotopic (exact) mass is 637 g/mol. The van der Waals surface area contributed by atoms with Crippen LogP contribution in [0, 0.1) is 0 Å². The first kappa shape index (κ1) is 28.6. The van der Waals surface area contributed by atoms with E-state index in [9.17, 15) is 0 Å². The van der Waals surface area contributed by atoms with Crippen molar-refractivity contribution in [2.24, 2.45) is 0 Å². The number of hydrogen-bond donors (Lipinski definition) is 0. The zero-order valence-corrected chi connectivity index (χ0v) is 27.3. The van der Waals surface area contributed by atoms with Crippen molar-refractivity contribution in [1.29, 1.82) is 0 Å². The SMILES string of the molecule is c1ccc(-c2nc(-c3ccc(-c4cccc5c4Cc4ccccc4-5)cc3)nc(-c3ccc(-c4cccc5c4Cc4ccccc4-5)cc3)n2)cc1. The summed E-state index contributed by atoms with van der Waals surface area (Å²) in [5.41, 5.74) is 18.8. The Morgan fingerprint density at radius 3 is 1.06 bits per heavy atom. The zero-order valence-electron chi connectivity index (χ0n) is 27.3. The van der Waals surface area contributed by atoms with Crippen LogP contribution < -0.4 is 0 Å². The number of nitrogens with zero attached hydrogens (tertiary/aromatic N) is 3. The van der Waals surface area contributed by atoms with Gasteiger partial charge in [0, 0.05) is 16.7 Å². The Bertz CT molecular complexity index is 2410. The van der Waals surface area contributed by atoms with E-state index in [4.69, 9.17) is 15.0 Å². The van der Waals surface area contributed by atoms with Crippen LogP contribution in [0.3, 0.4) is 0 Å². The summed E-state index contributed by atoms with van der Waals surface area (Å²) < 4.78 is 0. The van der Waals surface area contributed by atoms with Gasteiger partial charge in [0.1, 0.15) is 0 Å². The van der Waals surface area contributed by atoms with E-state index in [0.717, 1.165) is 29.5 Å². The molecule has 2 aliphatic rings. The van der Waals surface area contributed by atoms with Gasteiger partial charge in [-0.1, -0.05) is 164 Å². The summed E-state index contributed by atoms with van der Waals surface area (Å²) in [4.78, 5) is 15.0. The molecule has 8 aromatic rings. The molecule has 1 aromatic heterocycles. The third kappa shape index (κ3) is 4.78. The maximum Gasteiger partial charge on any atom is 0.164 e. The molecule has 0 atom stereocenters. The van der Waals surface area contributed by atoms with Crippen LogP contribution in [0.4, 0.5) is 0 Å². The third-order valence-electron chi connectivity index (χ3n) is 10.3. The molecule has 0 aliphatic heterocycles. The minimum atomic E-state index is 0.661. The molecule has 0 saturated carbocycles. The highest BCUT2D eigenvalue weighted by molar-refractivity contribution is 5.86. The van der Waals surface area contributed by atoms with Crippen LogP contribution in [0.25, 0.3) is 78.7 Å². The molecule has 0 amide bonds. The van der Waals surface area contributed by atoms with Crippen LogP contribution >= 0.6 is 0 Å². The molecule has 234 valence electrons. The molecule has 10 rings (SSSR count). The summed E-state index contributed by atoms with van der Waals surface area (Å²) in [5.74, 6) is 1.98. The lowest BCUT2D eigenvalue weighted by Gasteiger charge is -2.12. The van der Waals surface area contributed by atoms with Gasteiger partial charge in [0.05, 0.1) is 0 Å². The smallest absolute Gasteiger partial charge is 0.164 e. The molecule has 7 aromatic carbocycles. The standard InChI is InChI=1S/C47H31N3/c1-2-10-32(11-3-1)45-48-46(33-24-20-30(21-25-33)37-16-8-18-41-39-14-6-4-12-35(39)28-43(37)41)50-47(49-45)34-26-22-31(23-27-34)38-17-9-19-42-40-15-7-5-13-36(40)29-44(38)42/h1-27H,28-29H2. The Hall–Kier alpha value is -6.45. The van der Waals surface area contributed by atoms with Crippen LogP contribution in [0.1, 0.15) is 22.3 Å². The molecule has 0 spiro atoms. The first-order chi connectivity index (χ1) is 24.8. The van der Waals surface area contributed by atoms with Crippen molar-refractivity contribution in [3.8, 4) is 78.7 Å². The largest absolute Gasteiger partial charge is 0.208 e. The van der Waals surface area contributed by atoms with Gasteiger partial charge in [0.25, 0.3) is 0 Å². The Morgan fingerprint density at radius 2 is 0.600 bits per heavy atom. The van der Waals surface area contributed by atoms with Crippen LogP contribution in [-0.4, -0.2) is 15.0 Å². The van der Waals surface area contributed by atoms with Crippen LogP contribution in [0.15, 0.2) is 164 Å². The molecule has 0 unspecified atom stereocenters. The lowest BCUT2D eigenvalue weighted by Crippen LogP contribution is -2.00. The summed E-state index contributed by atoms with van der Waals surface area (Å²) in [5, 5.41) is 0. The summed E-state index contributed by atoms with van der Waals surface area (Å²) in [6, 6.07) is 58.3. The van der Waals surface area contributed by atoms with E-state index < -0.39 is 0 Å². The Labute approximate surface area is 291 Å². The topological polar surface area (TPSA) is 38.7 Å². The molecule has 2 aliphatic carbocycles. The predicted octanol–water partition coefficient (Wildman–Crippen LogP) is 11.3. The van der Waals surface area contributed by atoms with Gasteiger partial charge in [-0.2, -0.15) is 0 Å². The maximum absolute atomic E-state index is 5.05. The minimum Gasteiger partial charge on any atom is -0.208 e. The summed E-state index contributed by atoms with van der Waals surface area (Å²) in [6.07, 6.45) is 1.92. The van der Waals surface area contributed by atoms with E-state index in [1.165, 1.54) is 66.8 Å². The van der Waals surface area contributed by atoms with E-state index in [1.807, 2.05) is 18.2 Å². The molecule has 1 heterocycles. The Morgan fingerprint density at radius 1 is 0.260 bits per heavy atom. The van der Waals surface area contributed by atoms with Crippen LogP contribution in [-0.2, 0) is 12.8 Å². The van der Waals surface area contributed by atoms with Gasteiger partial charge in [-0.15, -0.1) is 0 Å². The van der Waals surface area contributed by atoms with Crippen molar-refractivity contribution in [3.63, 3.8) is 0 Å². The molecule has 0 fully saturated rings. The van der Waals surface area contributed by atoms with E-state index in [0.29, 0.717) is 17.5 Å². The van der Waals surface area contributed by atoms with Gasteiger partial charge in [-0.3, -0.25) is 0 Å². The molecular formula is C47H31N3.